The molecular formula is C21H22BrN7O5S2. The predicted octanol–water partition coefficient (Wildman–Crippen LogP) is 3.62. The maximum absolute atomic E-state index is 12.6. The fourth-order valence-corrected chi connectivity index (χ4v) is 6.02. The number of nitrogens with zero attached hydrogens (tertiary/aromatic N) is 4. The van der Waals surface area contributed by atoms with Crippen LogP contribution in [0.2, 0.25) is 0 Å². The first kappa shape index (κ1) is 27.2. The topological polar surface area (TPSA) is 169 Å². The number of benzene rings is 2. The van der Waals surface area contributed by atoms with Gasteiger partial charge >= 0.3 is 0 Å². The highest BCUT2D eigenvalue weighted by Gasteiger charge is 2.16. The maximum Gasteiger partial charge on any atom is 0.288 e. The van der Waals surface area contributed by atoms with Crippen LogP contribution in [0.3, 0.4) is 0 Å². The molecule has 0 saturated carbocycles. The molecule has 0 radical (unpaired) electrons. The number of aromatic nitrogens is 2. The number of carbonyl (C=O) groups is 1. The molecule has 36 heavy (non-hydrogen) atoms. The second-order valence-electron chi connectivity index (χ2n) is 7.23. The average molecular weight is 596 g/mol. The number of nitro benzene ring substituents is 1. The third-order valence-corrected chi connectivity index (χ3v) is 8.62. The summed E-state index contributed by atoms with van der Waals surface area (Å²) in [5, 5.41) is 19.7. The largest absolute Gasteiger partial charge is 0.367 e. The van der Waals surface area contributed by atoms with Gasteiger partial charge < -0.3 is 16.0 Å². The molecule has 0 saturated heterocycles. The molecule has 1 unspecified atom stereocenters. The van der Waals surface area contributed by atoms with E-state index < -0.39 is 25.6 Å². The SMILES string of the molecule is CC(=O)NCCNc1nc(Nc2ccc(S(C)=NS(=O)(=O)c3ccc([N+](=O)[O-])cc3)cc2)ncc1Br. The molecule has 2 aromatic carbocycles. The van der Waals surface area contributed by atoms with E-state index in [0.717, 1.165) is 12.1 Å². The summed E-state index contributed by atoms with van der Waals surface area (Å²) >= 11 is 3.38. The van der Waals surface area contributed by atoms with Crippen LogP contribution in [0.5, 0.6) is 0 Å². The van der Waals surface area contributed by atoms with Crippen LogP contribution in [-0.4, -0.2) is 48.6 Å². The minimum atomic E-state index is -3.99. The van der Waals surface area contributed by atoms with Crippen molar-refractivity contribution in [3.63, 3.8) is 0 Å². The van der Waals surface area contributed by atoms with Gasteiger partial charge in [0, 0.05) is 48.9 Å². The summed E-state index contributed by atoms with van der Waals surface area (Å²) in [6, 6.07) is 11.6. The number of nitrogens with one attached hydrogen (secondary N) is 3. The standard InChI is InChI=1S/C21H22BrN7O5S2/c1-14(30)23-11-12-24-20-19(22)13-25-21(27-20)26-15-3-7-17(8-4-15)35(2)28-36(33,34)18-9-5-16(6-10-18)29(31)32/h3-10,13H,11-12H2,1-2H3,(H,23,30)(H2,24,25,26,27). The van der Waals surface area contributed by atoms with Gasteiger partial charge in [-0.15, -0.1) is 3.77 Å². The predicted molar refractivity (Wildman–Crippen MR) is 141 cm³/mol. The molecule has 1 aromatic heterocycles. The lowest BCUT2D eigenvalue weighted by molar-refractivity contribution is -0.384. The van der Waals surface area contributed by atoms with Gasteiger partial charge in [-0.1, -0.05) is 10.7 Å². The lowest BCUT2D eigenvalue weighted by atomic mass is 10.3. The van der Waals surface area contributed by atoms with E-state index in [-0.39, 0.29) is 16.5 Å². The molecular weight excluding hydrogens is 574 g/mol. The van der Waals surface area contributed by atoms with Crippen molar-refractivity contribution in [2.24, 2.45) is 3.77 Å². The molecule has 1 amide bonds. The number of halogens is 1. The number of carbonyl (C=O) groups excluding carboxylic acids is 1. The monoisotopic (exact) mass is 595 g/mol. The molecule has 1 atom stereocenters. The van der Waals surface area contributed by atoms with Crippen LogP contribution in [0, 0.1) is 10.1 Å². The van der Waals surface area contributed by atoms with E-state index in [9.17, 15) is 23.3 Å². The molecule has 3 rings (SSSR count). The van der Waals surface area contributed by atoms with Crippen LogP contribution < -0.4 is 16.0 Å². The first-order chi connectivity index (χ1) is 17.0. The molecule has 3 N–H and O–H groups in total. The minimum Gasteiger partial charge on any atom is -0.367 e. The fourth-order valence-electron chi connectivity index (χ4n) is 2.81. The summed E-state index contributed by atoms with van der Waals surface area (Å²) in [5.41, 5.74) is 0.482. The Labute approximate surface area is 218 Å². The third-order valence-electron chi connectivity index (χ3n) is 4.54. The Balaban J connectivity index is 1.69. The minimum absolute atomic E-state index is 0.111. The molecule has 0 bridgehead atoms. The molecule has 12 nitrogen and oxygen atoms in total. The highest BCUT2D eigenvalue weighted by atomic mass is 79.9. The Bertz CT molecular complexity index is 1400. The Morgan fingerprint density at radius 3 is 2.42 bits per heavy atom. The third kappa shape index (κ3) is 7.53. The zero-order valence-electron chi connectivity index (χ0n) is 19.1. The van der Waals surface area contributed by atoms with Gasteiger partial charge in [0.1, 0.15) is 5.82 Å². The molecule has 0 spiro atoms. The van der Waals surface area contributed by atoms with E-state index in [4.69, 9.17) is 0 Å². The lowest BCUT2D eigenvalue weighted by Gasteiger charge is -2.11. The summed E-state index contributed by atoms with van der Waals surface area (Å²) in [7, 11) is -4.98. The van der Waals surface area contributed by atoms with E-state index in [1.54, 1.807) is 36.7 Å². The molecule has 3 aromatic rings. The highest BCUT2D eigenvalue weighted by Crippen LogP contribution is 2.23. The smallest absolute Gasteiger partial charge is 0.288 e. The summed E-state index contributed by atoms with van der Waals surface area (Å²) in [6.07, 6.45) is 3.26. The van der Waals surface area contributed by atoms with E-state index >= 15 is 0 Å². The Morgan fingerprint density at radius 2 is 1.81 bits per heavy atom. The van der Waals surface area contributed by atoms with E-state index in [1.807, 2.05) is 0 Å². The quantitative estimate of drug-likeness (QED) is 0.180. The van der Waals surface area contributed by atoms with Gasteiger partial charge in [-0.05, 0) is 58.6 Å². The van der Waals surface area contributed by atoms with Crippen LogP contribution in [0.25, 0.3) is 0 Å². The summed E-state index contributed by atoms with van der Waals surface area (Å²) in [4.78, 5) is 30.4. The molecule has 190 valence electrons. The summed E-state index contributed by atoms with van der Waals surface area (Å²) < 4.78 is 29.8. The number of amides is 1. The van der Waals surface area contributed by atoms with Crippen molar-refractivity contribution in [1.29, 1.82) is 0 Å². The van der Waals surface area contributed by atoms with Gasteiger partial charge in [-0.25, -0.2) is 4.98 Å². The van der Waals surface area contributed by atoms with Crippen molar-refractivity contribution >= 4 is 65.7 Å². The van der Waals surface area contributed by atoms with Gasteiger partial charge in [0.05, 0.1) is 14.3 Å². The number of rotatable bonds is 10. The normalized spacial score (nSPS) is 12.1. The molecule has 0 aliphatic rings. The van der Waals surface area contributed by atoms with Crippen molar-refractivity contribution < 1.29 is 18.1 Å². The molecule has 0 aliphatic carbocycles. The van der Waals surface area contributed by atoms with Gasteiger partial charge in [0.2, 0.25) is 11.9 Å². The van der Waals surface area contributed by atoms with E-state index in [1.165, 1.54) is 19.1 Å². The van der Waals surface area contributed by atoms with Crippen molar-refractivity contribution in [2.75, 3.05) is 30.0 Å². The number of hydrogen-bond acceptors (Lipinski definition) is 9. The molecule has 1 heterocycles. The number of anilines is 3. The summed E-state index contributed by atoms with van der Waals surface area (Å²) in [5.74, 6) is 0.782. The van der Waals surface area contributed by atoms with Gasteiger partial charge in [-0.3, -0.25) is 14.9 Å². The van der Waals surface area contributed by atoms with Crippen LogP contribution in [0.1, 0.15) is 6.92 Å². The maximum atomic E-state index is 12.6. The first-order valence-corrected chi connectivity index (χ1v) is 14.1. The van der Waals surface area contributed by atoms with Crippen LogP contribution in [0.15, 0.2) is 72.8 Å². The average Bonchev–Trinajstić information content (AvgIpc) is 2.83. The van der Waals surface area contributed by atoms with Crippen LogP contribution in [0.4, 0.5) is 23.1 Å². The van der Waals surface area contributed by atoms with Crippen molar-refractivity contribution in [2.45, 2.75) is 16.7 Å². The second-order valence-corrected chi connectivity index (χ2v) is 11.5. The van der Waals surface area contributed by atoms with Gasteiger partial charge in [0.15, 0.2) is 0 Å². The van der Waals surface area contributed by atoms with Crippen molar-refractivity contribution in [3.8, 4) is 0 Å². The first-order valence-electron chi connectivity index (χ1n) is 10.3. The Hall–Kier alpha value is -3.43. The fraction of sp³-hybridized carbons (Fsp3) is 0.190. The molecule has 0 fully saturated rings. The van der Waals surface area contributed by atoms with E-state index in [0.29, 0.717) is 39.9 Å². The number of hydrogen-bond donors (Lipinski definition) is 3. The number of nitro groups is 1. The van der Waals surface area contributed by atoms with E-state index in [2.05, 4.69) is 45.6 Å². The number of non-ortho nitro benzene ring substituents is 1. The molecule has 15 heteroatoms. The number of sulfonamides is 1. The molecule has 0 aliphatic heterocycles. The van der Waals surface area contributed by atoms with Gasteiger partial charge in [0.25, 0.3) is 15.7 Å². The zero-order valence-corrected chi connectivity index (χ0v) is 22.4. The van der Waals surface area contributed by atoms with Crippen LogP contribution >= 0.6 is 15.9 Å². The van der Waals surface area contributed by atoms with Crippen LogP contribution in [-0.2, 0) is 25.5 Å². The zero-order chi connectivity index (χ0) is 26.3. The Kier molecular flexibility index (Phi) is 9.06. The Morgan fingerprint density at radius 1 is 1.14 bits per heavy atom. The second kappa shape index (κ2) is 12.0. The van der Waals surface area contributed by atoms with Gasteiger partial charge in [-0.2, -0.15) is 13.4 Å². The van der Waals surface area contributed by atoms with Crippen molar-refractivity contribution in [1.82, 2.24) is 15.3 Å². The van der Waals surface area contributed by atoms with Crippen molar-refractivity contribution in [3.05, 3.63) is 69.3 Å². The highest BCUT2D eigenvalue weighted by molar-refractivity contribution is 9.10. The summed E-state index contributed by atoms with van der Waals surface area (Å²) in [6.45, 7) is 2.37. The lowest BCUT2D eigenvalue weighted by Crippen LogP contribution is -2.26.